The van der Waals surface area contributed by atoms with E-state index in [1.807, 2.05) is 17.5 Å². The molecule has 5 heteroatoms. The zero-order chi connectivity index (χ0) is 11.5. The van der Waals surface area contributed by atoms with Gasteiger partial charge < -0.3 is 10.6 Å². The highest BCUT2D eigenvalue weighted by Gasteiger charge is 2.32. The Labute approximate surface area is 98.0 Å². The van der Waals surface area contributed by atoms with E-state index >= 15 is 0 Å². The lowest BCUT2D eigenvalue weighted by Gasteiger charge is -2.21. The van der Waals surface area contributed by atoms with E-state index in [4.69, 9.17) is 5.73 Å². The minimum atomic E-state index is -0.396. The van der Waals surface area contributed by atoms with Crippen molar-refractivity contribution in [3.8, 4) is 0 Å². The van der Waals surface area contributed by atoms with E-state index in [-0.39, 0.29) is 5.91 Å². The van der Waals surface area contributed by atoms with Gasteiger partial charge in [-0.15, -0.1) is 11.3 Å². The number of hydrogen-bond donors (Lipinski definition) is 1. The molecule has 0 radical (unpaired) electrons. The summed E-state index contributed by atoms with van der Waals surface area (Å²) in [6.45, 7) is 0.651. The first-order valence-corrected chi connectivity index (χ1v) is 6.17. The highest BCUT2D eigenvalue weighted by Crippen LogP contribution is 2.19. The van der Waals surface area contributed by atoms with Crippen LogP contribution in [-0.4, -0.2) is 29.3 Å². The molecule has 2 rings (SSSR count). The number of likely N-dealkylation sites (tertiary alicyclic amines) is 1. The van der Waals surface area contributed by atoms with Crippen LogP contribution in [0, 0.1) is 0 Å². The molecule has 86 valence electrons. The molecule has 0 bridgehead atoms. The second kappa shape index (κ2) is 4.65. The fourth-order valence-corrected chi connectivity index (χ4v) is 2.72. The Hall–Kier alpha value is -1.36. The quantitative estimate of drug-likeness (QED) is 0.845. The Bertz CT molecular complexity index is 389. The number of carbonyl (C=O) groups is 2. The van der Waals surface area contributed by atoms with Crippen molar-refractivity contribution in [3.05, 3.63) is 22.4 Å². The van der Waals surface area contributed by atoms with E-state index in [2.05, 4.69) is 0 Å². The van der Waals surface area contributed by atoms with Gasteiger partial charge in [0.15, 0.2) is 0 Å². The van der Waals surface area contributed by atoms with Gasteiger partial charge in [-0.05, 0) is 24.3 Å². The molecule has 0 spiro atoms. The van der Waals surface area contributed by atoms with E-state index in [0.29, 0.717) is 19.4 Å². The van der Waals surface area contributed by atoms with Gasteiger partial charge in [0.05, 0.1) is 6.42 Å². The monoisotopic (exact) mass is 238 g/mol. The molecule has 1 aliphatic rings. The lowest BCUT2D eigenvalue weighted by Crippen LogP contribution is -2.44. The molecule has 1 aliphatic heterocycles. The van der Waals surface area contributed by atoms with Gasteiger partial charge in [-0.2, -0.15) is 0 Å². The van der Waals surface area contributed by atoms with Crippen LogP contribution in [0.4, 0.5) is 0 Å². The van der Waals surface area contributed by atoms with Crippen molar-refractivity contribution in [2.45, 2.75) is 25.3 Å². The molecule has 0 aromatic carbocycles. The Kier molecular flexibility index (Phi) is 3.24. The molecule has 16 heavy (non-hydrogen) atoms. The molecule has 1 atom stereocenters. The fourth-order valence-electron chi connectivity index (χ4n) is 2.02. The van der Waals surface area contributed by atoms with Gasteiger partial charge in [-0.1, -0.05) is 6.07 Å². The van der Waals surface area contributed by atoms with Crippen molar-refractivity contribution >= 4 is 23.2 Å². The van der Waals surface area contributed by atoms with E-state index in [1.54, 1.807) is 16.2 Å². The Balaban J connectivity index is 2.01. The summed E-state index contributed by atoms with van der Waals surface area (Å²) in [5.41, 5.74) is 5.27. The Morgan fingerprint density at radius 2 is 2.38 bits per heavy atom. The van der Waals surface area contributed by atoms with Gasteiger partial charge >= 0.3 is 0 Å². The van der Waals surface area contributed by atoms with Crippen LogP contribution in [0.25, 0.3) is 0 Å². The summed E-state index contributed by atoms with van der Waals surface area (Å²) < 4.78 is 0. The van der Waals surface area contributed by atoms with E-state index < -0.39 is 11.9 Å². The molecular weight excluding hydrogens is 224 g/mol. The summed E-state index contributed by atoms with van der Waals surface area (Å²) in [5.74, 6) is -0.388. The molecule has 4 nitrogen and oxygen atoms in total. The first-order valence-electron chi connectivity index (χ1n) is 5.29. The molecule has 2 heterocycles. The SMILES string of the molecule is NC(=O)C1CCCN1C(=O)Cc1cccs1. The number of nitrogens with zero attached hydrogens (tertiary/aromatic N) is 1. The molecule has 1 aromatic rings. The lowest BCUT2D eigenvalue weighted by atomic mass is 10.2. The van der Waals surface area contributed by atoms with Crippen molar-refractivity contribution < 1.29 is 9.59 Å². The maximum Gasteiger partial charge on any atom is 0.240 e. The smallest absolute Gasteiger partial charge is 0.240 e. The van der Waals surface area contributed by atoms with E-state index in [9.17, 15) is 9.59 Å². The van der Waals surface area contributed by atoms with Crippen LogP contribution < -0.4 is 5.73 Å². The van der Waals surface area contributed by atoms with E-state index in [0.717, 1.165) is 11.3 Å². The Morgan fingerprint density at radius 3 is 3.00 bits per heavy atom. The Morgan fingerprint density at radius 1 is 1.56 bits per heavy atom. The predicted molar refractivity (Wildman–Crippen MR) is 62.0 cm³/mol. The summed E-state index contributed by atoms with van der Waals surface area (Å²) in [5, 5.41) is 1.94. The molecular formula is C11H14N2O2S. The first-order chi connectivity index (χ1) is 7.68. The molecule has 1 aromatic heterocycles. The molecule has 0 aliphatic carbocycles. The van der Waals surface area contributed by atoms with Crippen LogP contribution in [-0.2, 0) is 16.0 Å². The van der Waals surface area contributed by atoms with Gasteiger partial charge in [0, 0.05) is 11.4 Å². The summed E-state index contributed by atoms with van der Waals surface area (Å²) >= 11 is 1.56. The van der Waals surface area contributed by atoms with Crippen LogP contribution >= 0.6 is 11.3 Å². The fraction of sp³-hybridized carbons (Fsp3) is 0.455. The number of rotatable bonds is 3. The summed E-state index contributed by atoms with van der Waals surface area (Å²) in [6.07, 6.45) is 1.94. The third kappa shape index (κ3) is 2.24. The summed E-state index contributed by atoms with van der Waals surface area (Å²) in [6, 6.07) is 3.45. The third-order valence-electron chi connectivity index (χ3n) is 2.81. The highest BCUT2D eigenvalue weighted by molar-refractivity contribution is 7.10. The summed E-state index contributed by atoms with van der Waals surface area (Å²) in [7, 11) is 0. The zero-order valence-corrected chi connectivity index (χ0v) is 9.70. The highest BCUT2D eigenvalue weighted by atomic mass is 32.1. The van der Waals surface area contributed by atoms with Crippen LogP contribution in [0.15, 0.2) is 17.5 Å². The summed E-state index contributed by atoms with van der Waals surface area (Å²) in [4.78, 5) is 25.7. The predicted octanol–water partition coefficient (Wildman–Crippen LogP) is 0.767. The zero-order valence-electron chi connectivity index (χ0n) is 8.89. The minimum absolute atomic E-state index is 0.00347. The minimum Gasteiger partial charge on any atom is -0.368 e. The van der Waals surface area contributed by atoms with Crippen LogP contribution in [0.2, 0.25) is 0 Å². The molecule has 2 N–H and O–H groups in total. The number of thiophene rings is 1. The van der Waals surface area contributed by atoms with Crippen molar-refractivity contribution in [2.24, 2.45) is 5.73 Å². The number of carbonyl (C=O) groups excluding carboxylic acids is 2. The average molecular weight is 238 g/mol. The van der Waals surface area contributed by atoms with Crippen molar-refractivity contribution in [1.29, 1.82) is 0 Å². The second-order valence-electron chi connectivity index (χ2n) is 3.90. The average Bonchev–Trinajstić information content (AvgIpc) is 2.86. The van der Waals surface area contributed by atoms with Crippen LogP contribution in [0.5, 0.6) is 0 Å². The maximum absolute atomic E-state index is 12.0. The number of primary amides is 1. The van der Waals surface area contributed by atoms with Gasteiger partial charge in [-0.3, -0.25) is 9.59 Å². The van der Waals surface area contributed by atoms with Gasteiger partial charge in [0.25, 0.3) is 0 Å². The van der Waals surface area contributed by atoms with Crippen LogP contribution in [0.1, 0.15) is 17.7 Å². The topological polar surface area (TPSA) is 63.4 Å². The molecule has 1 fully saturated rings. The van der Waals surface area contributed by atoms with Crippen molar-refractivity contribution in [2.75, 3.05) is 6.54 Å². The van der Waals surface area contributed by atoms with Gasteiger partial charge in [0.1, 0.15) is 6.04 Å². The number of hydrogen-bond acceptors (Lipinski definition) is 3. The normalized spacial score (nSPS) is 20.0. The van der Waals surface area contributed by atoms with Crippen molar-refractivity contribution in [1.82, 2.24) is 4.90 Å². The van der Waals surface area contributed by atoms with Gasteiger partial charge in [0.2, 0.25) is 11.8 Å². The second-order valence-corrected chi connectivity index (χ2v) is 4.94. The molecule has 2 amide bonds. The van der Waals surface area contributed by atoms with Crippen LogP contribution in [0.3, 0.4) is 0 Å². The standard InChI is InChI=1S/C11H14N2O2S/c12-11(15)9-4-1-5-13(9)10(14)7-8-3-2-6-16-8/h2-3,6,9H,1,4-5,7H2,(H2,12,15). The third-order valence-corrected chi connectivity index (χ3v) is 3.68. The lowest BCUT2D eigenvalue weighted by molar-refractivity contribution is -0.136. The largest absolute Gasteiger partial charge is 0.368 e. The first kappa shape index (κ1) is 11.1. The van der Waals surface area contributed by atoms with Gasteiger partial charge in [-0.25, -0.2) is 0 Å². The molecule has 1 saturated heterocycles. The molecule has 1 unspecified atom stereocenters. The van der Waals surface area contributed by atoms with E-state index in [1.165, 1.54) is 0 Å². The number of amides is 2. The maximum atomic E-state index is 12.0. The number of nitrogens with two attached hydrogens (primary N) is 1. The van der Waals surface area contributed by atoms with Crippen molar-refractivity contribution in [3.63, 3.8) is 0 Å². The molecule has 0 saturated carbocycles.